The summed E-state index contributed by atoms with van der Waals surface area (Å²) in [4.78, 5) is 12.4. The Kier molecular flexibility index (Phi) is 8.84. The molecule has 3 N–H and O–H groups in total. The molecule has 3 aromatic carbocycles. The first-order valence-corrected chi connectivity index (χ1v) is 14.2. The molecule has 0 saturated heterocycles. The van der Waals surface area contributed by atoms with Crippen molar-refractivity contribution >= 4 is 33.0 Å². The number of aliphatic carboxylic acids is 1. The standard InChI is InChI=1S/C30H30ClNO5S/c31-26-12-4-10-24(19-26)28(33)21-32-18-6-7-22-13-15-27(16-14-22)38(36,37)30(29(34)35)17-5-11-25(20-30)23-8-2-1-3-9-23/h1-5,8-17,19,28,32-33H,6-7,18,20-21H2,(H,34,35)/t28-,30?/m0/s1. The summed E-state index contributed by atoms with van der Waals surface area (Å²) in [5.74, 6) is -1.40. The summed E-state index contributed by atoms with van der Waals surface area (Å²) < 4.78 is 25.2. The van der Waals surface area contributed by atoms with E-state index in [2.05, 4.69) is 5.32 Å². The molecule has 6 nitrogen and oxygen atoms in total. The second-order valence-corrected chi connectivity index (χ2v) is 12.0. The van der Waals surface area contributed by atoms with Crippen LogP contribution in [0.25, 0.3) is 5.57 Å². The van der Waals surface area contributed by atoms with Gasteiger partial charge in [0.25, 0.3) is 0 Å². The minimum Gasteiger partial charge on any atom is -0.480 e. The maximum Gasteiger partial charge on any atom is 0.329 e. The van der Waals surface area contributed by atoms with Crippen molar-refractivity contribution in [2.45, 2.75) is 35.0 Å². The molecule has 3 aromatic rings. The summed E-state index contributed by atoms with van der Waals surface area (Å²) in [7, 11) is -4.23. The molecule has 0 amide bonds. The van der Waals surface area contributed by atoms with Crippen LogP contribution in [0.4, 0.5) is 0 Å². The van der Waals surface area contributed by atoms with Crippen LogP contribution < -0.4 is 5.32 Å². The van der Waals surface area contributed by atoms with Crippen LogP contribution in [0, 0.1) is 0 Å². The van der Waals surface area contributed by atoms with E-state index in [0.29, 0.717) is 30.1 Å². The van der Waals surface area contributed by atoms with E-state index in [1.165, 1.54) is 24.3 Å². The third-order valence-electron chi connectivity index (χ3n) is 6.73. The van der Waals surface area contributed by atoms with Crippen molar-refractivity contribution in [1.29, 1.82) is 0 Å². The molecule has 0 heterocycles. The van der Waals surface area contributed by atoms with E-state index in [1.807, 2.05) is 36.4 Å². The largest absolute Gasteiger partial charge is 0.480 e. The van der Waals surface area contributed by atoms with Crippen LogP contribution in [0.5, 0.6) is 0 Å². The Bertz CT molecular complexity index is 1430. The number of carboxylic acid groups (broad SMARTS) is 1. The number of benzene rings is 3. The Hall–Kier alpha value is -3.23. The average Bonchev–Trinajstić information content (AvgIpc) is 2.93. The minimum absolute atomic E-state index is 0.0228. The van der Waals surface area contributed by atoms with Crippen LogP contribution in [0.3, 0.4) is 0 Å². The van der Waals surface area contributed by atoms with Gasteiger partial charge < -0.3 is 15.5 Å². The molecular formula is C30H30ClNO5S. The fraction of sp³-hybridized carbons (Fsp3) is 0.233. The molecule has 1 aliphatic carbocycles. The van der Waals surface area contributed by atoms with E-state index in [4.69, 9.17) is 11.6 Å². The van der Waals surface area contributed by atoms with Gasteiger partial charge >= 0.3 is 5.97 Å². The van der Waals surface area contributed by atoms with Gasteiger partial charge in [-0.15, -0.1) is 0 Å². The van der Waals surface area contributed by atoms with E-state index in [0.717, 1.165) is 23.1 Å². The average molecular weight is 552 g/mol. The van der Waals surface area contributed by atoms with Crippen molar-refractivity contribution in [3.05, 3.63) is 119 Å². The second kappa shape index (κ2) is 12.1. The van der Waals surface area contributed by atoms with Gasteiger partial charge in [0.15, 0.2) is 14.6 Å². The molecule has 1 unspecified atom stereocenters. The van der Waals surface area contributed by atoms with Crippen LogP contribution in [0.1, 0.15) is 35.6 Å². The number of allylic oxidation sites excluding steroid dienone is 3. The second-order valence-electron chi connectivity index (χ2n) is 9.31. The molecule has 8 heteroatoms. The van der Waals surface area contributed by atoms with Gasteiger partial charge in [0.05, 0.1) is 11.0 Å². The molecule has 0 aliphatic heterocycles. The van der Waals surface area contributed by atoms with Gasteiger partial charge in [-0.3, -0.25) is 4.79 Å². The smallest absolute Gasteiger partial charge is 0.329 e. The highest BCUT2D eigenvalue weighted by atomic mass is 35.5. The molecule has 0 fully saturated rings. The van der Waals surface area contributed by atoms with Crippen molar-refractivity contribution in [1.82, 2.24) is 5.32 Å². The van der Waals surface area contributed by atoms with Crippen LogP contribution >= 0.6 is 11.6 Å². The number of hydrogen-bond donors (Lipinski definition) is 3. The van der Waals surface area contributed by atoms with Crippen molar-refractivity contribution < 1.29 is 23.4 Å². The highest BCUT2D eigenvalue weighted by molar-refractivity contribution is 7.93. The molecule has 4 rings (SSSR count). The summed E-state index contributed by atoms with van der Waals surface area (Å²) in [6.07, 6.45) is 5.21. The Balaban J connectivity index is 1.37. The molecule has 0 bridgehead atoms. The zero-order valence-electron chi connectivity index (χ0n) is 20.8. The van der Waals surface area contributed by atoms with E-state index in [1.54, 1.807) is 36.4 Å². The third-order valence-corrected chi connectivity index (χ3v) is 9.27. The molecule has 0 aromatic heterocycles. The van der Waals surface area contributed by atoms with Gasteiger partial charge in [-0.05, 0) is 65.9 Å². The van der Waals surface area contributed by atoms with E-state index in [9.17, 15) is 23.4 Å². The third kappa shape index (κ3) is 6.08. The number of halogens is 1. The summed E-state index contributed by atoms with van der Waals surface area (Å²) in [5.41, 5.74) is 3.14. The van der Waals surface area contributed by atoms with Crippen molar-refractivity contribution in [2.24, 2.45) is 0 Å². The van der Waals surface area contributed by atoms with Gasteiger partial charge in [-0.25, -0.2) is 8.42 Å². The van der Waals surface area contributed by atoms with Crippen molar-refractivity contribution in [3.8, 4) is 0 Å². The fourth-order valence-electron chi connectivity index (χ4n) is 4.55. The van der Waals surface area contributed by atoms with Gasteiger partial charge in [0, 0.05) is 18.0 Å². The zero-order chi connectivity index (χ0) is 27.2. The number of carboxylic acids is 1. The first-order chi connectivity index (χ1) is 18.2. The highest BCUT2D eigenvalue weighted by Gasteiger charge is 2.51. The molecule has 198 valence electrons. The number of aryl methyl sites for hydroxylation is 1. The number of hydrogen-bond acceptors (Lipinski definition) is 5. The van der Waals surface area contributed by atoms with Crippen molar-refractivity contribution in [3.63, 3.8) is 0 Å². The number of aliphatic hydroxyl groups is 1. The highest BCUT2D eigenvalue weighted by Crippen LogP contribution is 2.39. The lowest BCUT2D eigenvalue weighted by molar-refractivity contribution is -0.138. The quantitative estimate of drug-likeness (QED) is 0.282. The van der Waals surface area contributed by atoms with Crippen LogP contribution in [-0.2, 0) is 21.1 Å². The Morgan fingerprint density at radius 1 is 1.03 bits per heavy atom. The van der Waals surface area contributed by atoms with Gasteiger partial charge in [0.1, 0.15) is 0 Å². The Labute approximate surface area is 228 Å². The predicted molar refractivity (Wildman–Crippen MR) is 150 cm³/mol. The molecule has 0 spiro atoms. The minimum atomic E-state index is -4.23. The summed E-state index contributed by atoms with van der Waals surface area (Å²) in [6.45, 7) is 1.06. The maximum absolute atomic E-state index is 13.6. The molecule has 0 saturated carbocycles. The number of nitrogens with one attached hydrogen (secondary N) is 1. The normalized spacial score (nSPS) is 18.1. The molecule has 38 heavy (non-hydrogen) atoms. The molecule has 0 radical (unpaired) electrons. The van der Waals surface area contributed by atoms with Crippen molar-refractivity contribution in [2.75, 3.05) is 13.1 Å². The van der Waals surface area contributed by atoms with Gasteiger partial charge in [-0.1, -0.05) is 84.4 Å². The van der Waals surface area contributed by atoms with E-state index >= 15 is 0 Å². The number of sulfone groups is 1. The SMILES string of the molecule is O=C(O)C1(S(=O)(=O)c2ccc(CCCNC[C@H](O)c3cccc(Cl)c3)cc2)C=CC=C(c2ccccc2)C1. The molecule has 1 aliphatic rings. The fourth-order valence-corrected chi connectivity index (χ4v) is 6.50. The topological polar surface area (TPSA) is 104 Å². The summed E-state index contributed by atoms with van der Waals surface area (Å²) in [6, 6.07) is 22.7. The van der Waals surface area contributed by atoms with Crippen LogP contribution in [-0.4, -0.2) is 42.4 Å². The predicted octanol–water partition coefficient (Wildman–Crippen LogP) is 5.24. The lowest BCUT2D eigenvalue weighted by Gasteiger charge is -2.29. The number of rotatable bonds is 11. The van der Waals surface area contributed by atoms with E-state index in [-0.39, 0.29) is 11.3 Å². The first kappa shape index (κ1) is 27.8. The summed E-state index contributed by atoms with van der Waals surface area (Å²) in [5, 5.41) is 24.2. The monoisotopic (exact) mass is 551 g/mol. The van der Waals surface area contributed by atoms with Gasteiger partial charge in [0.2, 0.25) is 0 Å². The number of carbonyl (C=O) groups is 1. The first-order valence-electron chi connectivity index (χ1n) is 12.4. The van der Waals surface area contributed by atoms with E-state index < -0.39 is 26.7 Å². The number of aliphatic hydroxyl groups excluding tert-OH is 1. The molecule has 2 atom stereocenters. The lowest BCUT2D eigenvalue weighted by atomic mass is 9.89. The van der Waals surface area contributed by atoms with Gasteiger partial charge in [-0.2, -0.15) is 0 Å². The maximum atomic E-state index is 13.6. The Morgan fingerprint density at radius 2 is 1.76 bits per heavy atom. The molecular weight excluding hydrogens is 522 g/mol. The van der Waals surface area contributed by atoms with Crippen LogP contribution in [0.2, 0.25) is 5.02 Å². The zero-order valence-corrected chi connectivity index (χ0v) is 22.3. The van der Waals surface area contributed by atoms with Crippen LogP contribution in [0.15, 0.2) is 102 Å². The lowest BCUT2D eigenvalue weighted by Crippen LogP contribution is -2.45. The summed E-state index contributed by atoms with van der Waals surface area (Å²) >= 11 is 5.97. The Morgan fingerprint density at radius 3 is 2.45 bits per heavy atom.